The van der Waals surface area contributed by atoms with E-state index in [2.05, 4.69) is 15.6 Å². The van der Waals surface area contributed by atoms with E-state index in [1.54, 1.807) is 25.1 Å². The van der Waals surface area contributed by atoms with Crippen LogP contribution in [0.4, 0.5) is 25.0 Å². The summed E-state index contributed by atoms with van der Waals surface area (Å²) in [5.41, 5.74) is 6.47. The number of halogens is 2. The zero-order valence-electron chi connectivity index (χ0n) is 16.6. The van der Waals surface area contributed by atoms with Crippen LogP contribution in [0.3, 0.4) is 0 Å². The van der Waals surface area contributed by atoms with Crippen LogP contribution < -0.4 is 21.1 Å². The number of primary amides is 1. The standard InChI is InChI=1S/C22H16F2N4O3S/c1-11-2-4-13(23)16(8-11)28-22(30)27-15-5-3-12(9-14(15)24)31-18-6-7-26-17-10-19(21(25)29)32-20(17)18/h2-10H,1H3,(H2,25,29)(H2,27,28,30). The van der Waals surface area contributed by atoms with Crippen molar-refractivity contribution in [3.8, 4) is 11.5 Å². The minimum Gasteiger partial charge on any atom is -0.456 e. The van der Waals surface area contributed by atoms with Gasteiger partial charge in [0.05, 0.1) is 26.5 Å². The third-order valence-electron chi connectivity index (χ3n) is 4.41. The summed E-state index contributed by atoms with van der Waals surface area (Å²) in [6.45, 7) is 1.75. The number of nitrogens with two attached hydrogens (primary N) is 1. The second-order valence-electron chi connectivity index (χ2n) is 6.80. The molecule has 0 aliphatic heterocycles. The monoisotopic (exact) mass is 454 g/mol. The van der Waals surface area contributed by atoms with E-state index < -0.39 is 23.6 Å². The van der Waals surface area contributed by atoms with Crippen molar-refractivity contribution in [2.75, 3.05) is 10.6 Å². The number of hydrogen-bond donors (Lipinski definition) is 3. The number of hydrogen-bond acceptors (Lipinski definition) is 5. The Bertz CT molecular complexity index is 1360. The lowest BCUT2D eigenvalue weighted by atomic mass is 10.2. The molecule has 0 spiro atoms. The van der Waals surface area contributed by atoms with Gasteiger partial charge in [0.1, 0.15) is 23.1 Å². The van der Waals surface area contributed by atoms with E-state index in [9.17, 15) is 18.4 Å². The van der Waals surface area contributed by atoms with Crippen molar-refractivity contribution in [1.82, 2.24) is 4.98 Å². The first kappa shape index (κ1) is 21.2. The van der Waals surface area contributed by atoms with Gasteiger partial charge in [0, 0.05) is 18.3 Å². The van der Waals surface area contributed by atoms with Crippen LogP contribution in [0.1, 0.15) is 15.2 Å². The van der Waals surface area contributed by atoms with Crippen LogP contribution in [-0.2, 0) is 0 Å². The molecule has 0 saturated carbocycles. The van der Waals surface area contributed by atoms with Gasteiger partial charge in [-0.15, -0.1) is 11.3 Å². The minimum absolute atomic E-state index is 0.0177. The Kier molecular flexibility index (Phi) is 5.69. The van der Waals surface area contributed by atoms with Crippen molar-refractivity contribution in [1.29, 1.82) is 0 Å². The van der Waals surface area contributed by atoms with Crippen LogP contribution in [0, 0.1) is 18.6 Å². The molecule has 4 N–H and O–H groups in total. The van der Waals surface area contributed by atoms with Crippen molar-refractivity contribution in [3.63, 3.8) is 0 Å². The summed E-state index contributed by atoms with van der Waals surface area (Å²) >= 11 is 1.12. The number of rotatable bonds is 5. The molecule has 32 heavy (non-hydrogen) atoms. The number of benzene rings is 2. The Balaban J connectivity index is 1.50. The van der Waals surface area contributed by atoms with Gasteiger partial charge >= 0.3 is 6.03 Å². The summed E-state index contributed by atoms with van der Waals surface area (Å²) in [6, 6.07) is 10.5. The van der Waals surface area contributed by atoms with Crippen LogP contribution in [0.5, 0.6) is 11.5 Å². The predicted octanol–water partition coefficient (Wildman–Crippen LogP) is 5.42. The molecule has 7 nitrogen and oxygen atoms in total. The Morgan fingerprint density at radius 1 is 1.00 bits per heavy atom. The van der Waals surface area contributed by atoms with Crippen molar-refractivity contribution in [2.45, 2.75) is 6.92 Å². The topological polar surface area (TPSA) is 106 Å². The first-order valence-corrected chi connectivity index (χ1v) is 10.1. The van der Waals surface area contributed by atoms with Gasteiger partial charge in [-0.3, -0.25) is 9.78 Å². The zero-order valence-corrected chi connectivity index (χ0v) is 17.4. The fourth-order valence-electron chi connectivity index (χ4n) is 2.92. The average molecular weight is 454 g/mol. The van der Waals surface area contributed by atoms with E-state index in [0.29, 0.717) is 20.8 Å². The number of nitrogens with one attached hydrogen (secondary N) is 2. The summed E-state index contributed by atoms with van der Waals surface area (Å²) < 4.78 is 34.7. The summed E-state index contributed by atoms with van der Waals surface area (Å²) in [4.78, 5) is 28.1. The Labute approximate surface area is 184 Å². The molecule has 4 aromatic rings. The molecule has 162 valence electrons. The lowest BCUT2D eigenvalue weighted by Gasteiger charge is -2.11. The third kappa shape index (κ3) is 4.49. The lowest BCUT2D eigenvalue weighted by molar-refractivity contribution is 0.100. The SMILES string of the molecule is Cc1ccc(F)c(NC(=O)Nc2ccc(Oc3ccnc4cc(C(N)=O)sc34)cc2F)c1. The summed E-state index contributed by atoms with van der Waals surface area (Å²) in [5.74, 6) is -1.40. The number of ether oxygens (including phenoxy) is 1. The Morgan fingerprint density at radius 2 is 1.78 bits per heavy atom. The first-order chi connectivity index (χ1) is 15.3. The van der Waals surface area contributed by atoms with E-state index in [-0.39, 0.29) is 17.1 Å². The number of carbonyl (C=O) groups is 2. The highest BCUT2D eigenvalue weighted by Crippen LogP contribution is 2.35. The summed E-state index contributed by atoms with van der Waals surface area (Å²) in [5, 5.41) is 4.68. The molecule has 3 amide bonds. The number of pyridine rings is 1. The molecule has 0 fully saturated rings. The molecular formula is C22H16F2N4O3S. The summed E-state index contributed by atoms with van der Waals surface area (Å²) in [6.07, 6.45) is 1.50. The molecule has 2 heterocycles. The van der Waals surface area contributed by atoms with Crippen LogP contribution in [-0.4, -0.2) is 16.9 Å². The molecule has 0 bridgehead atoms. The minimum atomic E-state index is -0.796. The van der Waals surface area contributed by atoms with Crippen LogP contribution in [0.2, 0.25) is 0 Å². The van der Waals surface area contributed by atoms with E-state index in [1.165, 1.54) is 30.5 Å². The molecule has 0 radical (unpaired) electrons. The fraction of sp³-hybridized carbons (Fsp3) is 0.0455. The zero-order chi connectivity index (χ0) is 22.8. The van der Waals surface area contributed by atoms with Crippen molar-refractivity contribution >= 4 is 44.9 Å². The van der Waals surface area contributed by atoms with Gasteiger partial charge in [-0.1, -0.05) is 6.07 Å². The highest BCUT2D eigenvalue weighted by Gasteiger charge is 2.14. The highest BCUT2D eigenvalue weighted by molar-refractivity contribution is 7.21. The van der Waals surface area contributed by atoms with Crippen LogP contribution >= 0.6 is 11.3 Å². The van der Waals surface area contributed by atoms with Gasteiger partial charge in [0.2, 0.25) is 0 Å². The maximum absolute atomic E-state index is 14.6. The smallest absolute Gasteiger partial charge is 0.323 e. The molecule has 0 aliphatic rings. The van der Waals surface area contributed by atoms with Crippen molar-refractivity contribution in [3.05, 3.63) is 76.8 Å². The van der Waals surface area contributed by atoms with Crippen molar-refractivity contribution in [2.24, 2.45) is 5.73 Å². The summed E-state index contributed by atoms with van der Waals surface area (Å²) in [7, 11) is 0. The quantitative estimate of drug-likeness (QED) is 0.374. The van der Waals surface area contributed by atoms with Gasteiger partial charge in [0.15, 0.2) is 0 Å². The van der Waals surface area contributed by atoms with E-state index in [4.69, 9.17) is 10.5 Å². The number of thiophene rings is 1. The number of anilines is 2. The number of aromatic nitrogens is 1. The Hall–Kier alpha value is -4.05. The fourth-order valence-corrected chi connectivity index (χ4v) is 3.83. The van der Waals surface area contributed by atoms with Gasteiger partial charge in [-0.05, 0) is 42.8 Å². The predicted molar refractivity (Wildman–Crippen MR) is 118 cm³/mol. The second kappa shape index (κ2) is 8.60. The molecule has 0 saturated heterocycles. The number of urea groups is 1. The van der Waals surface area contributed by atoms with Gasteiger partial charge in [0.25, 0.3) is 5.91 Å². The second-order valence-corrected chi connectivity index (χ2v) is 7.86. The highest BCUT2D eigenvalue weighted by atomic mass is 32.1. The van der Waals surface area contributed by atoms with E-state index in [0.717, 1.165) is 23.0 Å². The van der Waals surface area contributed by atoms with Gasteiger partial charge < -0.3 is 21.1 Å². The largest absolute Gasteiger partial charge is 0.456 e. The first-order valence-electron chi connectivity index (χ1n) is 9.30. The lowest BCUT2D eigenvalue weighted by Crippen LogP contribution is -2.20. The average Bonchev–Trinajstić information content (AvgIpc) is 3.19. The van der Waals surface area contributed by atoms with E-state index in [1.807, 2.05) is 0 Å². The molecular weight excluding hydrogens is 438 g/mol. The van der Waals surface area contributed by atoms with Crippen molar-refractivity contribution < 1.29 is 23.1 Å². The van der Waals surface area contributed by atoms with Gasteiger partial charge in [-0.25, -0.2) is 13.6 Å². The molecule has 0 unspecified atom stereocenters. The van der Waals surface area contributed by atoms with Gasteiger partial charge in [-0.2, -0.15) is 0 Å². The molecule has 2 aromatic carbocycles. The molecule has 0 aliphatic carbocycles. The number of amides is 3. The van der Waals surface area contributed by atoms with Crippen LogP contribution in [0.15, 0.2) is 54.7 Å². The molecule has 0 atom stereocenters. The maximum atomic E-state index is 14.6. The number of carbonyl (C=O) groups excluding carboxylic acids is 2. The number of aryl methyl sites for hydroxylation is 1. The number of nitrogens with zero attached hydrogens (tertiary/aromatic N) is 1. The van der Waals surface area contributed by atoms with Crippen LogP contribution in [0.25, 0.3) is 10.2 Å². The molecule has 4 rings (SSSR count). The maximum Gasteiger partial charge on any atom is 0.323 e. The number of fused-ring (bicyclic) bond motifs is 1. The molecule has 10 heteroatoms. The molecule has 2 aromatic heterocycles. The van der Waals surface area contributed by atoms with E-state index >= 15 is 0 Å². The Morgan fingerprint density at radius 3 is 2.53 bits per heavy atom. The third-order valence-corrected chi connectivity index (χ3v) is 5.56. The normalized spacial score (nSPS) is 10.7.